The normalized spacial score (nSPS) is 10.9. The Balaban J connectivity index is 1.26. The second-order valence-electron chi connectivity index (χ2n) is 7.96. The summed E-state index contributed by atoms with van der Waals surface area (Å²) in [7, 11) is 0. The average Bonchev–Trinajstić information content (AvgIpc) is 3.49. The summed E-state index contributed by atoms with van der Waals surface area (Å²) in [6.07, 6.45) is 6.75. The van der Waals surface area contributed by atoms with Gasteiger partial charge in [0.1, 0.15) is 28.5 Å². The Morgan fingerprint density at radius 1 is 0.914 bits per heavy atom. The minimum Gasteiger partial charge on any atom is -0.382 e. The van der Waals surface area contributed by atoms with Crippen molar-refractivity contribution in [2.24, 2.45) is 0 Å². The quantitative estimate of drug-likeness (QED) is 0.341. The number of benzene rings is 2. The molecule has 0 aliphatic carbocycles. The van der Waals surface area contributed by atoms with Gasteiger partial charge < -0.3 is 15.6 Å². The molecular formula is C27H19N7S. The van der Waals surface area contributed by atoms with E-state index in [4.69, 9.17) is 5.73 Å². The van der Waals surface area contributed by atoms with Crippen molar-refractivity contribution in [1.82, 2.24) is 24.5 Å². The molecule has 6 aromatic rings. The Morgan fingerprint density at radius 3 is 2.69 bits per heavy atom. The maximum absolute atomic E-state index is 5.58. The molecule has 4 aromatic heterocycles. The number of anilines is 3. The topological polar surface area (TPSA) is 94.5 Å². The van der Waals surface area contributed by atoms with E-state index in [1.54, 1.807) is 12.5 Å². The molecule has 0 atom stereocenters. The Kier molecular flexibility index (Phi) is 5.29. The molecule has 3 N–H and O–H groups in total. The van der Waals surface area contributed by atoms with E-state index in [0.717, 1.165) is 38.5 Å². The van der Waals surface area contributed by atoms with Crippen molar-refractivity contribution in [2.75, 3.05) is 11.1 Å². The zero-order valence-electron chi connectivity index (χ0n) is 18.5. The molecule has 0 saturated carbocycles. The lowest BCUT2D eigenvalue weighted by molar-refractivity contribution is 0.837. The summed E-state index contributed by atoms with van der Waals surface area (Å²) in [5.74, 6) is 7.27. The highest BCUT2D eigenvalue weighted by Crippen LogP contribution is 2.30. The van der Waals surface area contributed by atoms with Gasteiger partial charge in [-0.25, -0.2) is 19.9 Å². The number of hydrogen-bond donors (Lipinski definition) is 2. The second kappa shape index (κ2) is 8.89. The molecule has 4 heterocycles. The van der Waals surface area contributed by atoms with Crippen LogP contribution in [0.15, 0.2) is 85.6 Å². The van der Waals surface area contributed by atoms with Crippen LogP contribution < -0.4 is 11.1 Å². The molecule has 0 bridgehead atoms. The van der Waals surface area contributed by atoms with E-state index >= 15 is 0 Å². The number of thiophene rings is 1. The van der Waals surface area contributed by atoms with Gasteiger partial charge in [0, 0.05) is 29.3 Å². The Bertz CT molecular complexity index is 1710. The number of nitrogens with zero attached hydrogens (tertiary/aromatic N) is 5. The molecule has 0 amide bonds. The van der Waals surface area contributed by atoms with E-state index < -0.39 is 0 Å². The maximum Gasteiger partial charge on any atom is 0.142 e. The minimum absolute atomic E-state index is 0.370. The molecule has 7 nitrogen and oxygen atoms in total. The molecule has 0 aliphatic heterocycles. The fourth-order valence-electron chi connectivity index (χ4n) is 3.88. The fourth-order valence-corrected chi connectivity index (χ4v) is 4.73. The Morgan fingerprint density at radius 2 is 1.83 bits per heavy atom. The number of fused-ring (bicyclic) bond motifs is 2. The second-order valence-corrected chi connectivity index (χ2v) is 8.99. The van der Waals surface area contributed by atoms with Gasteiger partial charge in [-0.1, -0.05) is 30.3 Å². The lowest BCUT2D eigenvalue weighted by atomic mass is 10.2. The van der Waals surface area contributed by atoms with E-state index in [0.29, 0.717) is 11.5 Å². The molecule has 0 saturated heterocycles. The summed E-state index contributed by atoms with van der Waals surface area (Å²) in [6, 6.07) is 20.9. The van der Waals surface area contributed by atoms with Crippen molar-refractivity contribution in [3.63, 3.8) is 0 Å². The first-order chi connectivity index (χ1) is 17.2. The van der Waals surface area contributed by atoms with E-state index in [9.17, 15) is 0 Å². The third-order valence-electron chi connectivity index (χ3n) is 5.54. The third-order valence-corrected chi connectivity index (χ3v) is 6.50. The molecule has 6 rings (SSSR count). The molecule has 0 unspecified atom stereocenters. The van der Waals surface area contributed by atoms with E-state index in [1.165, 1.54) is 28.6 Å². The standard InChI is InChI=1S/C27H19N7S/c28-25-15-29-21(14-30-25)6-8-22-13-23-26(31-17-32-27(23)35-22)33-20-7-9-24-19(12-20)10-11-34(24)16-18-4-2-1-3-5-18/h1-5,7,9-15,17H,16H2,(H2,28,30)(H,31,32,33). The summed E-state index contributed by atoms with van der Waals surface area (Å²) in [6.45, 7) is 0.838. The zero-order chi connectivity index (χ0) is 23.6. The van der Waals surface area contributed by atoms with Gasteiger partial charge in [-0.05, 0) is 47.7 Å². The number of aromatic nitrogens is 5. The molecule has 0 spiro atoms. The van der Waals surface area contributed by atoms with E-state index in [1.807, 2.05) is 12.1 Å². The van der Waals surface area contributed by atoms with Gasteiger partial charge in [0.15, 0.2) is 0 Å². The van der Waals surface area contributed by atoms with Crippen molar-refractivity contribution >= 4 is 49.8 Å². The van der Waals surface area contributed by atoms with Crippen LogP contribution in [-0.4, -0.2) is 24.5 Å². The van der Waals surface area contributed by atoms with Crippen LogP contribution in [0, 0.1) is 11.8 Å². The monoisotopic (exact) mass is 473 g/mol. The van der Waals surface area contributed by atoms with Gasteiger partial charge in [-0.2, -0.15) is 0 Å². The molecule has 35 heavy (non-hydrogen) atoms. The van der Waals surface area contributed by atoms with Crippen LogP contribution in [0.2, 0.25) is 0 Å². The highest BCUT2D eigenvalue weighted by molar-refractivity contribution is 7.19. The predicted molar refractivity (Wildman–Crippen MR) is 141 cm³/mol. The maximum atomic E-state index is 5.58. The largest absolute Gasteiger partial charge is 0.382 e. The number of nitrogens with one attached hydrogen (secondary N) is 1. The van der Waals surface area contributed by atoms with Gasteiger partial charge in [0.05, 0.1) is 22.7 Å². The van der Waals surface area contributed by atoms with Crippen molar-refractivity contribution in [3.8, 4) is 11.8 Å². The first-order valence-electron chi connectivity index (χ1n) is 11.0. The van der Waals surface area contributed by atoms with E-state index in [2.05, 4.69) is 96.4 Å². The third kappa shape index (κ3) is 4.40. The summed E-state index contributed by atoms with van der Waals surface area (Å²) in [5, 5.41) is 5.54. The van der Waals surface area contributed by atoms with Crippen LogP contribution >= 0.6 is 11.3 Å². The minimum atomic E-state index is 0.370. The Labute approximate surface area is 205 Å². The number of nitrogens with two attached hydrogens (primary N) is 1. The van der Waals surface area contributed by atoms with E-state index in [-0.39, 0.29) is 0 Å². The first-order valence-corrected chi connectivity index (χ1v) is 11.8. The van der Waals surface area contributed by atoms with Crippen LogP contribution in [0.5, 0.6) is 0 Å². The van der Waals surface area contributed by atoms with Crippen LogP contribution in [0.25, 0.3) is 21.1 Å². The molecular weight excluding hydrogens is 454 g/mol. The molecule has 0 radical (unpaired) electrons. The van der Waals surface area contributed by atoms with Gasteiger partial charge in [0.2, 0.25) is 0 Å². The lowest BCUT2D eigenvalue weighted by Gasteiger charge is -2.08. The van der Waals surface area contributed by atoms with Gasteiger partial charge >= 0.3 is 0 Å². The van der Waals surface area contributed by atoms with Crippen LogP contribution in [0.4, 0.5) is 17.3 Å². The predicted octanol–water partition coefficient (Wildman–Crippen LogP) is 5.21. The highest BCUT2D eigenvalue weighted by Gasteiger charge is 2.10. The van der Waals surface area contributed by atoms with Crippen LogP contribution in [-0.2, 0) is 6.54 Å². The van der Waals surface area contributed by atoms with Gasteiger partial charge in [0.25, 0.3) is 0 Å². The van der Waals surface area contributed by atoms with Crippen molar-refractivity contribution in [1.29, 1.82) is 0 Å². The zero-order valence-corrected chi connectivity index (χ0v) is 19.3. The molecule has 8 heteroatoms. The fraction of sp³-hybridized carbons (Fsp3) is 0.0370. The van der Waals surface area contributed by atoms with Crippen LogP contribution in [0.1, 0.15) is 16.1 Å². The molecule has 168 valence electrons. The van der Waals surface area contributed by atoms with Gasteiger partial charge in [-0.3, -0.25) is 0 Å². The number of rotatable bonds is 4. The van der Waals surface area contributed by atoms with Crippen molar-refractivity contribution in [3.05, 3.63) is 102 Å². The summed E-state index contributed by atoms with van der Waals surface area (Å²) in [5.41, 5.74) is 9.57. The lowest BCUT2D eigenvalue weighted by Crippen LogP contribution is -1.98. The first kappa shape index (κ1) is 20.8. The van der Waals surface area contributed by atoms with Crippen molar-refractivity contribution < 1.29 is 0 Å². The van der Waals surface area contributed by atoms with Gasteiger partial charge in [-0.15, -0.1) is 11.3 Å². The number of hydrogen-bond acceptors (Lipinski definition) is 7. The molecule has 0 aliphatic rings. The molecule has 2 aromatic carbocycles. The van der Waals surface area contributed by atoms with Crippen LogP contribution in [0.3, 0.4) is 0 Å². The summed E-state index contributed by atoms with van der Waals surface area (Å²) >= 11 is 1.51. The number of nitrogen functional groups attached to an aromatic ring is 1. The highest BCUT2D eigenvalue weighted by atomic mass is 32.1. The van der Waals surface area contributed by atoms with Crippen molar-refractivity contribution in [2.45, 2.75) is 6.54 Å². The molecule has 0 fully saturated rings. The Hall–Kier alpha value is -4.74. The summed E-state index contributed by atoms with van der Waals surface area (Å²) in [4.78, 5) is 18.8. The SMILES string of the molecule is Nc1cnc(C#Cc2cc3c(Nc4ccc5c(ccn5Cc5ccccc5)c4)ncnc3s2)cn1. The smallest absolute Gasteiger partial charge is 0.142 e. The average molecular weight is 474 g/mol. The summed E-state index contributed by atoms with van der Waals surface area (Å²) < 4.78 is 2.26.